The Morgan fingerprint density at radius 1 is 1.24 bits per heavy atom. The van der Waals surface area contributed by atoms with Gasteiger partial charge in [-0.2, -0.15) is 5.10 Å². The van der Waals surface area contributed by atoms with Crippen molar-refractivity contribution in [1.82, 2.24) is 5.01 Å². The summed E-state index contributed by atoms with van der Waals surface area (Å²) in [6.07, 6.45) is -0.0703. The normalized spacial score (nSPS) is 15.7. The van der Waals surface area contributed by atoms with E-state index in [1.165, 1.54) is 17.1 Å². The fraction of sp³-hybridized carbons (Fsp3) is 0.250. The molecule has 1 amide bonds. The van der Waals surface area contributed by atoms with E-state index in [-0.39, 0.29) is 18.5 Å². The van der Waals surface area contributed by atoms with Crippen LogP contribution in [0.3, 0.4) is 0 Å². The molecule has 0 fully saturated rings. The van der Waals surface area contributed by atoms with Crippen LogP contribution in [0.15, 0.2) is 53.6 Å². The number of nitrogens with zero attached hydrogens (tertiary/aromatic N) is 3. The van der Waals surface area contributed by atoms with Crippen LogP contribution in [0.4, 0.5) is 5.69 Å². The molecule has 1 unspecified atom stereocenters. The van der Waals surface area contributed by atoms with Crippen molar-refractivity contribution in [2.24, 2.45) is 5.10 Å². The minimum absolute atomic E-state index is 0.0360. The Balaban J connectivity index is 1.92. The summed E-state index contributed by atoms with van der Waals surface area (Å²) in [6, 6.07) is 12.8. The van der Waals surface area contributed by atoms with Gasteiger partial charge in [0.05, 0.1) is 30.2 Å². The molecule has 0 saturated heterocycles. The fourth-order valence-corrected chi connectivity index (χ4v) is 3.13. The maximum atomic E-state index is 12.6. The lowest BCUT2D eigenvalue weighted by atomic mass is 9.98. The minimum Gasteiger partial charge on any atom is -0.497 e. The van der Waals surface area contributed by atoms with E-state index in [2.05, 4.69) is 5.10 Å². The summed E-state index contributed by atoms with van der Waals surface area (Å²) in [4.78, 5) is 33.9. The average Bonchev–Trinajstić information content (AvgIpc) is 3.17. The number of carbonyl (C=O) groups excluding carboxylic acids is 1. The summed E-state index contributed by atoms with van der Waals surface area (Å²) in [5.41, 5.74) is 2.02. The fourth-order valence-electron chi connectivity index (χ4n) is 3.13. The SMILES string of the molecule is COc1cccc(C2CC(c3ccc([N+](=O)[O-])cc3)=NN2C(=O)CCC(=O)O)c1. The summed E-state index contributed by atoms with van der Waals surface area (Å²) in [5.74, 6) is -0.837. The highest BCUT2D eigenvalue weighted by molar-refractivity contribution is 6.03. The molecule has 1 N–H and O–H groups in total. The molecule has 3 rings (SSSR count). The number of nitro groups is 1. The van der Waals surface area contributed by atoms with Gasteiger partial charge in [0.25, 0.3) is 5.69 Å². The highest BCUT2D eigenvalue weighted by atomic mass is 16.6. The zero-order valence-corrected chi connectivity index (χ0v) is 15.6. The topological polar surface area (TPSA) is 122 Å². The third-order valence-corrected chi connectivity index (χ3v) is 4.61. The van der Waals surface area contributed by atoms with Crippen molar-refractivity contribution in [3.05, 3.63) is 69.8 Å². The number of amides is 1. The number of hydrazone groups is 1. The molecule has 2 aromatic rings. The molecular formula is C20H19N3O6. The summed E-state index contributed by atoms with van der Waals surface area (Å²) in [7, 11) is 1.54. The number of non-ortho nitro benzene ring substituents is 1. The van der Waals surface area contributed by atoms with Crippen molar-refractivity contribution >= 4 is 23.3 Å². The van der Waals surface area contributed by atoms with E-state index >= 15 is 0 Å². The summed E-state index contributed by atoms with van der Waals surface area (Å²) in [6.45, 7) is 0. The van der Waals surface area contributed by atoms with Crippen molar-refractivity contribution in [2.45, 2.75) is 25.3 Å². The zero-order valence-electron chi connectivity index (χ0n) is 15.6. The minimum atomic E-state index is -1.06. The van der Waals surface area contributed by atoms with Crippen molar-refractivity contribution in [3.63, 3.8) is 0 Å². The molecule has 0 spiro atoms. The van der Waals surface area contributed by atoms with E-state index in [0.29, 0.717) is 23.4 Å². The summed E-state index contributed by atoms with van der Waals surface area (Å²) >= 11 is 0. The van der Waals surface area contributed by atoms with Gasteiger partial charge < -0.3 is 9.84 Å². The number of nitro benzene ring substituents is 1. The van der Waals surface area contributed by atoms with Crippen LogP contribution >= 0.6 is 0 Å². The predicted molar refractivity (Wildman–Crippen MR) is 104 cm³/mol. The molecular weight excluding hydrogens is 378 g/mol. The molecule has 9 heteroatoms. The molecule has 2 aromatic carbocycles. The maximum Gasteiger partial charge on any atom is 0.303 e. The van der Waals surface area contributed by atoms with Gasteiger partial charge in [0.2, 0.25) is 5.91 Å². The van der Waals surface area contributed by atoms with Gasteiger partial charge >= 0.3 is 5.97 Å². The number of methoxy groups -OCH3 is 1. The molecule has 1 atom stereocenters. The monoisotopic (exact) mass is 397 g/mol. The third kappa shape index (κ3) is 4.57. The van der Waals surface area contributed by atoms with Crippen LogP contribution in [0.5, 0.6) is 5.75 Å². The Bertz CT molecular complexity index is 970. The lowest BCUT2D eigenvalue weighted by Crippen LogP contribution is -2.27. The second-order valence-electron chi connectivity index (χ2n) is 6.48. The lowest BCUT2D eigenvalue weighted by Gasteiger charge is -2.22. The van der Waals surface area contributed by atoms with Gasteiger partial charge in [-0.25, -0.2) is 5.01 Å². The van der Waals surface area contributed by atoms with E-state index in [0.717, 1.165) is 5.56 Å². The highest BCUT2D eigenvalue weighted by Crippen LogP contribution is 2.35. The molecule has 0 aromatic heterocycles. The molecule has 150 valence electrons. The van der Waals surface area contributed by atoms with Crippen LogP contribution in [0.25, 0.3) is 0 Å². The first-order valence-electron chi connectivity index (χ1n) is 8.89. The number of carboxylic acids is 1. The van der Waals surface area contributed by atoms with Gasteiger partial charge in [-0.15, -0.1) is 0 Å². The van der Waals surface area contributed by atoms with Gasteiger partial charge in [0.1, 0.15) is 5.75 Å². The first kappa shape index (κ1) is 20.0. The number of aliphatic carboxylic acids is 1. The van der Waals surface area contributed by atoms with Crippen LogP contribution in [0.1, 0.15) is 36.4 Å². The largest absolute Gasteiger partial charge is 0.497 e. The number of carbonyl (C=O) groups is 2. The van der Waals surface area contributed by atoms with Gasteiger partial charge in [-0.1, -0.05) is 12.1 Å². The summed E-state index contributed by atoms with van der Waals surface area (Å²) in [5, 5.41) is 25.5. The van der Waals surface area contributed by atoms with E-state index in [4.69, 9.17) is 9.84 Å². The maximum absolute atomic E-state index is 12.6. The molecule has 0 saturated carbocycles. The van der Waals surface area contributed by atoms with Crippen LogP contribution in [-0.2, 0) is 9.59 Å². The zero-order chi connectivity index (χ0) is 21.0. The van der Waals surface area contributed by atoms with E-state index in [1.807, 2.05) is 6.07 Å². The van der Waals surface area contributed by atoms with Gasteiger partial charge in [0.15, 0.2) is 0 Å². The van der Waals surface area contributed by atoms with E-state index in [9.17, 15) is 19.7 Å². The third-order valence-electron chi connectivity index (χ3n) is 4.61. The number of carboxylic acid groups (broad SMARTS) is 1. The molecule has 29 heavy (non-hydrogen) atoms. The number of hydrogen-bond donors (Lipinski definition) is 1. The Hall–Kier alpha value is -3.75. The molecule has 1 heterocycles. The smallest absolute Gasteiger partial charge is 0.303 e. The predicted octanol–water partition coefficient (Wildman–Crippen LogP) is 3.15. The first-order valence-corrected chi connectivity index (χ1v) is 8.89. The Labute approximate surface area is 166 Å². The standard InChI is InChI=1S/C20H19N3O6/c1-29-16-4-2-3-14(11-16)18-12-17(13-5-7-15(8-6-13)23(27)28)21-22(18)19(24)9-10-20(25)26/h2-8,11,18H,9-10,12H2,1H3,(H,25,26). The number of ether oxygens (including phenoxy) is 1. The Kier molecular flexibility index (Phi) is 5.87. The van der Waals surface area contributed by atoms with Crippen molar-refractivity contribution in [1.29, 1.82) is 0 Å². The molecule has 0 radical (unpaired) electrons. The van der Waals surface area contributed by atoms with E-state index in [1.54, 1.807) is 37.4 Å². The van der Waals surface area contributed by atoms with Gasteiger partial charge in [-0.3, -0.25) is 19.7 Å². The molecule has 0 bridgehead atoms. The second-order valence-corrected chi connectivity index (χ2v) is 6.48. The van der Waals surface area contributed by atoms with Crippen molar-refractivity contribution < 1.29 is 24.4 Å². The van der Waals surface area contributed by atoms with Gasteiger partial charge in [-0.05, 0) is 35.4 Å². The number of hydrogen-bond acceptors (Lipinski definition) is 6. The van der Waals surface area contributed by atoms with Crippen molar-refractivity contribution in [2.75, 3.05) is 7.11 Å². The van der Waals surface area contributed by atoms with Crippen LogP contribution in [0.2, 0.25) is 0 Å². The average molecular weight is 397 g/mol. The lowest BCUT2D eigenvalue weighted by molar-refractivity contribution is -0.384. The summed E-state index contributed by atoms with van der Waals surface area (Å²) < 4.78 is 5.25. The highest BCUT2D eigenvalue weighted by Gasteiger charge is 2.33. The molecule has 1 aliphatic rings. The molecule has 9 nitrogen and oxygen atoms in total. The number of rotatable bonds is 7. The first-order chi connectivity index (χ1) is 13.9. The van der Waals surface area contributed by atoms with E-state index < -0.39 is 22.8 Å². The quantitative estimate of drug-likeness (QED) is 0.566. The van der Waals surface area contributed by atoms with Crippen LogP contribution in [-0.4, -0.2) is 39.7 Å². The van der Waals surface area contributed by atoms with Crippen LogP contribution in [0, 0.1) is 10.1 Å². The molecule has 1 aliphatic heterocycles. The second kappa shape index (κ2) is 8.51. The Morgan fingerprint density at radius 3 is 2.59 bits per heavy atom. The molecule has 0 aliphatic carbocycles. The van der Waals surface area contributed by atoms with Gasteiger partial charge in [0, 0.05) is 25.0 Å². The Morgan fingerprint density at radius 2 is 1.97 bits per heavy atom. The van der Waals surface area contributed by atoms with Crippen LogP contribution < -0.4 is 4.74 Å². The number of benzene rings is 2. The van der Waals surface area contributed by atoms with Crippen molar-refractivity contribution in [3.8, 4) is 5.75 Å².